The van der Waals surface area contributed by atoms with E-state index in [-0.39, 0.29) is 29.3 Å². The second-order valence-electron chi connectivity index (χ2n) is 6.42. The Morgan fingerprint density at radius 1 is 1.08 bits per heavy atom. The van der Waals surface area contributed by atoms with Crippen LogP contribution in [-0.4, -0.2) is 70.9 Å². The molecular formula is C16H18N6O3S. The Balaban J connectivity index is 1.66. The van der Waals surface area contributed by atoms with Crippen molar-refractivity contribution in [1.29, 1.82) is 0 Å². The molecule has 136 valence electrons. The van der Waals surface area contributed by atoms with Crippen LogP contribution in [0.3, 0.4) is 0 Å². The lowest BCUT2D eigenvalue weighted by atomic mass is 10.0. The molecule has 0 spiro atoms. The summed E-state index contributed by atoms with van der Waals surface area (Å²) >= 11 is 0. The summed E-state index contributed by atoms with van der Waals surface area (Å²) in [5, 5.41) is 0. The van der Waals surface area contributed by atoms with E-state index < -0.39 is 15.9 Å². The molecule has 2 saturated heterocycles. The number of carbonyl (C=O) groups excluding carboxylic acids is 1. The first-order valence-electron chi connectivity index (χ1n) is 8.21. The highest BCUT2D eigenvalue weighted by Gasteiger charge is 2.48. The average Bonchev–Trinajstić information content (AvgIpc) is 2.96. The van der Waals surface area contributed by atoms with Gasteiger partial charge in [0.1, 0.15) is 5.82 Å². The maximum Gasteiger partial charge on any atom is 0.254 e. The Kier molecular flexibility index (Phi) is 3.98. The van der Waals surface area contributed by atoms with Gasteiger partial charge in [-0.15, -0.1) is 0 Å². The van der Waals surface area contributed by atoms with E-state index in [0.29, 0.717) is 24.6 Å². The largest absolute Gasteiger partial charge is 0.384 e. The average molecular weight is 374 g/mol. The van der Waals surface area contributed by atoms with Gasteiger partial charge in [-0.1, -0.05) is 0 Å². The molecule has 9 nitrogen and oxygen atoms in total. The van der Waals surface area contributed by atoms with Crippen LogP contribution in [0.1, 0.15) is 10.4 Å². The SMILES string of the molecule is Nc1cc(C(=O)N2CCN(c3ncccn3)[C@@H]3CS(=O)(=O)C[C@@H]32)ccn1. The minimum atomic E-state index is -3.25. The highest BCUT2D eigenvalue weighted by molar-refractivity contribution is 7.91. The molecule has 0 unspecified atom stereocenters. The minimum Gasteiger partial charge on any atom is -0.384 e. The van der Waals surface area contributed by atoms with E-state index in [1.807, 2.05) is 4.90 Å². The van der Waals surface area contributed by atoms with Crippen LogP contribution < -0.4 is 10.6 Å². The number of hydrogen-bond acceptors (Lipinski definition) is 8. The second-order valence-corrected chi connectivity index (χ2v) is 8.58. The van der Waals surface area contributed by atoms with Gasteiger partial charge in [0.25, 0.3) is 5.91 Å². The molecule has 4 rings (SSSR count). The molecule has 1 amide bonds. The predicted octanol–water partition coefficient (Wildman–Crippen LogP) is -0.418. The summed E-state index contributed by atoms with van der Waals surface area (Å²) in [6, 6.07) is 4.00. The Morgan fingerprint density at radius 3 is 2.54 bits per heavy atom. The zero-order chi connectivity index (χ0) is 18.3. The number of hydrogen-bond donors (Lipinski definition) is 1. The number of amides is 1. The minimum absolute atomic E-state index is 0.0157. The van der Waals surface area contributed by atoms with Crippen LogP contribution in [0.2, 0.25) is 0 Å². The molecule has 2 atom stereocenters. The molecule has 2 aliphatic rings. The van der Waals surface area contributed by atoms with Crippen LogP contribution in [0.15, 0.2) is 36.8 Å². The fourth-order valence-corrected chi connectivity index (χ4v) is 5.62. The van der Waals surface area contributed by atoms with Crippen molar-refractivity contribution in [3.63, 3.8) is 0 Å². The molecule has 0 radical (unpaired) electrons. The molecule has 0 bridgehead atoms. The van der Waals surface area contributed by atoms with E-state index >= 15 is 0 Å². The molecule has 2 aliphatic heterocycles. The number of piperazine rings is 1. The Bertz CT molecular complexity index is 936. The Labute approximate surface area is 150 Å². The van der Waals surface area contributed by atoms with Gasteiger partial charge in [0.05, 0.1) is 23.6 Å². The number of carbonyl (C=O) groups is 1. The molecule has 4 heterocycles. The lowest BCUT2D eigenvalue weighted by Gasteiger charge is -2.43. The monoisotopic (exact) mass is 374 g/mol. The highest BCUT2D eigenvalue weighted by Crippen LogP contribution is 2.30. The van der Waals surface area contributed by atoms with E-state index in [1.54, 1.807) is 29.4 Å². The first kappa shape index (κ1) is 16.7. The van der Waals surface area contributed by atoms with Gasteiger partial charge in [-0.25, -0.2) is 23.4 Å². The van der Waals surface area contributed by atoms with E-state index in [1.165, 1.54) is 12.3 Å². The molecule has 0 aliphatic carbocycles. The van der Waals surface area contributed by atoms with E-state index in [9.17, 15) is 13.2 Å². The van der Waals surface area contributed by atoms with Crippen molar-refractivity contribution in [1.82, 2.24) is 19.9 Å². The third kappa shape index (κ3) is 2.96. The summed E-state index contributed by atoms with van der Waals surface area (Å²) in [7, 11) is -3.25. The third-order valence-corrected chi connectivity index (χ3v) is 6.47. The summed E-state index contributed by atoms with van der Waals surface area (Å²) in [6.07, 6.45) is 4.72. The van der Waals surface area contributed by atoms with E-state index in [0.717, 1.165) is 0 Å². The van der Waals surface area contributed by atoms with Crippen LogP contribution in [0.5, 0.6) is 0 Å². The van der Waals surface area contributed by atoms with Gasteiger partial charge >= 0.3 is 0 Å². The number of fused-ring (bicyclic) bond motifs is 1. The number of nitrogens with two attached hydrogens (primary N) is 1. The molecule has 10 heteroatoms. The van der Waals surface area contributed by atoms with Crippen LogP contribution in [0, 0.1) is 0 Å². The normalized spacial score (nSPS) is 24.3. The van der Waals surface area contributed by atoms with Gasteiger partial charge in [0, 0.05) is 37.2 Å². The molecule has 26 heavy (non-hydrogen) atoms. The smallest absolute Gasteiger partial charge is 0.254 e. The fourth-order valence-electron chi connectivity index (χ4n) is 3.64. The van der Waals surface area contributed by atoms with Gasteiger partial charge in [-0.3, -0.25) is 4.79 Å². The molecule has 2 aromatic heterocycles. The van der Waals surface area contributed by atoms with Crippen molar-refractivity contribution in [2.45, 2.75) is 12.1 Å². The molecule has 2 aromatic rings. The van der Waals surface area contributed by atoms with Crippen LogP contribution in [-0.2, 0) is 9.84 Å². The summed E-state index contributed by atoms with van der Waals surface area (Å²) < 4.78 is 24.6. The Morgan fingerprint density at radius 2 is 1.81 bits per heavy atom. The summed E-state index contributed by atoms with van der Waals surface area (Å²) in [5.74, 6) is 0.424. The van der Waals surface area contributed by atoms with Crippen LogP contribution in [0.4, 0.5) is 11.8 Å². The van der Waals surface area contributed by atoms with E-state index in [4.69, 9.17) is 5.73 Å². The number of nitrogens with zero attached hydrogens (tertiary/aromatic N) is 5. The maximum atomic E-state index is 12.9. The first-order valence-corrected chi connectivity index (χ1v) is 10.0. The van der Waals surface area contributed by atoms with Crippen molar-refractivity contribution in [3.8, 4) is 0 Å². The van der Waals surface area contributed by atoms with Crippen molar-refractivity contribution >= 4 is 27.5 Å². The standard InChI is InChI=1S/C16H18N6O3S/c17-14-8-11(2-5-18-14)15(23)21-6-7-22(16-19-3-1-4-20-16)13-10-26(24,25)9-12(13)21/h1-5,8,12-13H,6-7,9-10H2,(H2,17,18)/t12-,13+/m0/s1. The summed E-state index contributed by atoms with van der Waals surface area (Å²) in [6.45, 7) is 0.850. The van der Waals surface area contributed by atoms with Gasteiger partial charge in [-0.05, 0) is 18.2 Å². The molecule has 2 fully saturated rings. The van der Waals surface area contributed by atoms with Gasteiger partial charge in [0.15, 0.2) is 9.84 Å². The number of sulfone groups is 1. The number of nitrogen functional groups attached to an aromatic ring is 1. The number of pyridine rings is 1. The Hall–Kier alpha value is -2.75. The van der Waals surface area contributed by atoms with Gasteiger partial charge < -0.3 is 15.5 Å². The quantitative estimate of drug-likeness (QED) is 0.752. The van der Waals surface area contributed by atoms with Crippen molar-refractivity contribution in [3.05, 3.63) is 42.4 Å². The lowest BCUT2D eigenvalue weighted by Crippen LogP contribution is -2.61. The second kappa shape index (κ2) is 6.20. The maximum absolute atomic E-state index is 12.9. The molecule has 2 N–H and O–H groups in total. The van der Waals surface area contributed by atoms with Crippen molar-refractivity contribution in [2.75, 3.05) is 35.2 Å². The highest BCUT2D eigenvalue weighted by atomic mass is 32.2. The number of rotatable bonds is 2. The lowest BCUT2D eigenvalue weighted by molar-refractivity contribution is 0.0647. The zero-order valence-electron chi connectivity index (χ0n) is 13.9. The van der Waals surface area contributed by atoms with Crippen molar-refractivity contribution in [2.24, 2.45) is 0 Å². The molecular weight excluding hydrogens is 356 g/mol. The predicted molar refractivity (Wildman–Crippen MR) is 95.3 cm³/mol. The fraction of sp³-hybridized carbons (Fsp3) is 0.375. The van der Waals surface area contributed by atoms with E-state index in [2.05, 4.69) is 15.0 Å². The third-order valence-electron chi connectivity index (χ3n) is 4.77. The first-order chi connectivity index (χ1) is 12.4. The number of aromatic nitrogens is 3. The van der Waals surface area contributed by atoms with Crippen LogP contribution >= 0.6 is 0 Å². The van der Waals surface area contributed by atoms with Gasteiger partial charge in [0.2, 0.25) is 5.95 Å². The topological polar surface area (TPSA) is 122 Å². The summed E-state index contributed by atoms with van der Waals surface area (Å²) in [4.78, 5) is 28.8. The molecule has 0 saturated carbocycles. The number of anilines is 2. The van der Waals surface area contributed by atoms with Gasteiger partial charge in [-0.2, -0.15) is 0 Å². The molecule has 0 aromatic carbocycles. The van der Waals surface area contributed by atoms with Crippen molar-refractivity contribution < 1.29 is 13.2 Å². The zero-order valence-corrected chi connectivity index (χ0v) is 14.7. The summed E-state index contributed by atoms with van der Waals surface area (Å²) in [5.41, 5.74) is 6.08. The van der Waals surface area contributed by atoms with Crippen LogP contribution in [0.25, 0.3) is 0 Å².